The van der Waals surface area contributed by atoms with Gasteiger partial charge in [-0.25, -0.2) is 0 Å². The van der Waals surface area contributed by atoms with Crippen molar-refractivity contribution in [2.24, 2.45) is 5.41 Å². The fourth-order valence-corrected chi connectivity index (χ4v) is 2.63. The molecule has 1 aliphatic rings. The Hall–Kier alpha value is -1.36. The van der Waals surface area contributed by atoms with E-state index in [0.717, 1.165) is 32.6 Å². The standard InChI is InChI=1S/C14H23N3O2/c1-4-17-12(5-8-15-17)13(18)16(3)11-14(2)6-9-19-10-7-14/h5,8H,4,6-7,9-11H2,1-3H3. The van der Waals surface area contributed by atoms with Crippen LogP contribution in [0.25, 0.3) is 0 Å². The number of amides is 1. The van der Waals surface area contributed by atoms with Crippen LogP contribution in [-0.4, -0.2) is 47.4 Å². The lowest BCUT2D eigenvalue weighted by Crippen LogP contribution is -2.41. The van der Waals surface area contributed by atoms with Crippen LogP contribution in [-0.2, 0) is 11.3 Å². The van der Waals surface area contributed by atoms with Crippen molar-refractivity contribution in [3.8, 4) is 0 Å². The Morgan fingerprint density at radius 2 is 2.21 bits per heavy atom. The van der Waals surface area contributed by atoms with Gasteiger partial charge in [-0.15, -0.1) is 0 Å². The van der Waals surface area contributed by atoms with Gasteiger partial charge in [-0.3, -0.25) is 9.48 Å². The normalized spacial score (nSPS) is 18.3. The van der Waals surface area contributed by atoms with Gasteiger partial charge in [-0.05, 0) is 31.2 Å². The highest BCUT2D eigenvalue weighted by Gasteiger charge is 2.30. The second-order valence-electron chi connectivity index (χ2n) is 5.62. The molecule has 1 fully saturated rings. The first-order valence-corrected chi connectivity index (χ1v) is 6.91. The van der Waals surface area contributed by atoms with Gasteiger partial charge in [-0.2, -0.15) is 5.10 Å². The summed E-state index contributed by atoms with van der Waals surface area (Å²) in [7, 11) is 1.87. The molecule has 1 amide bonds. The molecule has 0 saturated carbocycles. The Balaban J connectivity index is 2.03. The summed E-state index contributed by atoms with van der Waals surface area (Å²) in [5.74, 6) is 0.0482. The number of aryl methyl sites for hydroxylation is 1. The molecule has 0 aliphatic carbocycles. The van der Waals surface area contributed by atoms with Crippen molar-refractivity contribution in [1.29, 1.82) is 0 Å². The molecule has 5 nitrogen and oxygen atoms in total. The maximum absolute atomic E-state index is 12.4. The number of rotatable bonds is 4. The monoisotopic (exact) mass is 265 g/mol. The predicted octanol–water partition coefficient (Wildman–Crippen LogP) is 1.79. The van der Waals surface area contributed by atoms with Crippen molar-refractivity contribution >= 4 is 5.91 Å². The Bertz CT molecular complexity index is 436. The van der Waals surface area contributed by atoms with Crippen LogP contribution in [0.5, 0.6) is 0 Å². The molecule has 0 unspecified atom stereocenters. The van der Waals surface area contributed by atoms with E-state index in [-0.39, 0.29) is 11.3 Å². The second kappa shape index (κ2) is 5.74. The van der Waals surface area contributed by atoms with Crippen LogP contribution in [0.1, 0.15) is 37.2 Å². The van der Waals surface area contributed by atoms with Crippen molar-refractivity contribution in [3.63, 3.8) is 0 Å². The van der Waals surface area contributed by atoms with Crippen LogP contribution in [0, 0.1) is 5.41 Å². The highest BCUT2D eigenvalue weighted by molar-refractivity contribution is 5.92. The summed E-state index contributed by atoms with van der Waals surface area (Å²) < 4.78 is 7.14. The summed E-state index contributed by atoms with van der Waals surface area (Å²) in [4.78, 5) is 14.2. The summed E-state index contributed by atoms with van der Waals surface area (Å²) in [5.41, 5.74) is 0.834. The van der Waals surface area contributed by atoms with E-state index in [1.807, 2.05) is 18.9 Å². The summed E-state index contributed by atoms with van der Waals surface area (Å²) in [6.45, 7) is 7.30. The zero-order chi connectivity index (χ0) is 13.9. The summed E-state index contributed by atoms with van der Waals surface area (Å²) in [5, 5.41) is 4.15. The maximum Gasteiger partial charge on any atom is 0.271 e. The first-order chi connectivity index (χ1) is 9.06. The molecule has 0 spiro atoms. The molecule has 5 heteroatoms. The third kappa shape index (κ3) is 3.15. The number of carbonyl (C=O) groups is 1. The van der Waals surface area contributed by atoms with Crippen LogP contribution in [0.2, 0.25) is 0 Å². The van der Waals surface area contributed by atoms with Gasteiger partial charge in [0.25, 0.3) is 5.91 Å². The molecule has 1 aromatic rings. The van der Waals surface area contributed by atoms with Gasteiger partial charge in [0.05, 0.1) is 0 Å². The topological polar surface area (TPSA) is 47.4 Å². The average Bonchev–Trinajstić information content (AvgIpc) is 2.86. The minimum absolute atomic E-state index is 0.0482. The van der Waals surface area contributed by atoms with Gasteiger partial charge >= 0.3 is 0 Å². The molecular formula is C14H23N3O2. The zero-order valence-corrected chi connectivity index (χ0v) is 12.1. The van der Waals surface area contributed by atoms with Crippen LogP contribution in [0.3, 0.4) is 0 Å². The molecule has 0 N–H and O–H groups in total. The Kier molecular flexibility index (Phi) is 4.24. The lowest BCUT2D eigenvalue weighted by molar-refractivity contribution is 0.00895. The lowest BCUT2D eigenvalue weighted by Gasteiger charge is -2.36. The molecule has 0 atom stereocenters. The van der Waals surface area contributed by atoms with E-state index in [0.29, 0.717) is 12.2 Å². The fourth-order valence-electron chi connectivity index (χ4n) is 2.63. The number of nitrogens with zero attached hydrogens (tertiary/aromatic N) is 3. The largest absolute Gasteiger partial charge is 0.381 e. The summed E-state index contributed by atoms with van der Waals surface area (Å²) >= 11 is 0. The molecule has 2 rings (SSSR count). The molecule has 106 valence electrons. The number of hydrogen-bond acceptors (Lipinski definition) is 3. The van der Waals surface area contributed by atoms with E-state index in [1.165, 1.54) is 0 Å². The quantitative estimate of drug-likeness (QED) is 0.834. The van der Waals surface area contributed by atoms with E-state index >= 15 is 0 Å². The Labute approximate surface area is 114 Å². The Morgan fingerprint density at radius 1 is 1.53 bits per heavy atom. The molecule has 1 saturated heterocycles. The Morgan fingerprint density at radius 3 is 2.84 bits per heavy atom. The molecule has 0 aromatic carbocycles. The van der Waals surface area contributed by atoms with E-state index in [9.17, 15) is 4.79 Å². The first-order valence-electron chi connectivity index (χ1n) is 6.91. The van der Waals surface area contributed by atoms with Crippen molar-refractivity contribution in [1.82, 2.24) is 14.7 Å². The van der Waals surface area contributed by atoms with Crippen molar-refractivity contribution in [2.75, 3.05) is 26.8 Å². The zero-order valence-electron chi connectivity index (χ0n) is 12.1. The van der Waals surface area contributed by atoms with Crippen molar-refractivity contribution in [2.45, 2.75) is 33.2 Å². The SMILES string of the molecule is CCn1nccc1C(=O)N(C)CC1(C)CCOCC1. The van der Waals surface area contributed by atoms with E-state index < -0.39 is 0 Å². The number of hydrogen-bond donors (Lipinski definition) is 0. The minimum Gasteiger partial charge on any atom is -0.381 e. The van der Waals surface area contributed by atoms with E-state index in [1.54, 1.807) is 16.9 Å². The second-order valence-corrected chi connectivity index (χ2v) is 5.62. The third-order valence-electron chi connectivity index (χ3n) is 3.90. The van der Waals surface area contributed by atoms with Crippen LogP contribution >= 0.6 is 0 Å². The van der Waals surface area contributed by atoms with E-state index in [2.05, 4.69) is 12.0 Å². The van der Waals surface area contributed by atoms with Gasteiger partial charge in [-0.1, -0.05) is 6.92 Å². The minimum atomic E-state index is 0.0482. The third-order valence-corrected chi connectivity index (χ3v) is 3.90. The van der Waals surface area contributed by atoms with E-state index in [4.69, 9.17) is 4.74 Å². The smallest absolute Gasteiger partial charge is 0.271 e. The molecule has 19 heavy (non-hydrogen) atoms. The van der Waals surface area contributed by atoms with Gasteiger partial charge in [0, 0.05) is 39.5 Å². The van der Waals surface area contributed by atoms with Crippen molar-refractivity contribution < 1.29 is 9.53 Å². The molecule has 0 bridgehead atoms. The highest BCUT2D eigenvalue weighted by Crippen LogP contribution is 2.30. The van der Waals surface area contributed by atoms with Crippen LogP contribution in [0.4, 0.5) is 0 Å². The summed E-state index contributed by atoms with van der Waals surface area (Å²) in [6.07, 6.45) is 3.70. The maximum atomic E-state index is 12.4. The summed E-state index contributed by atoms with van der Waals surface area (Å²) in [6, 6.07) is 1.79. The number of ether oxygens (including phenoxy) is 1. The molecule has 1 aliphatic heterocycles. The van der Waals surface area contributed by atoms with Gasteiger partial charge in [0.1, 0.15) is 5.69 Å². The van der Waals surface area contributed by atoms with Gasteiger partial charge in [0.15, 0.2) is 0 Å². The molecular weight excluding hydrogens is 242 g/mol. The number of carbonyl (C=O) groups excluding carboxylic acids is 1. The van der Waals surface area contributed by atoms with Crippen LogP contribution < -0.4 is 0 Å². The number of aromatic nitrogens is 2. The molecule has 0 radical (unpaired) electrons. The molecule has 1 aromatic heterocycles. The predicted molar refractivity (Wildman–Crippen MR) is 73.0 cm³/mol. The lowest BCUT2D eigenvalue weighted by atomic mass is 9.82. The highest BCUT2D eigenvalue weighted by atomic mass is 16.5. The molecule has 2 heterocycles. The first kappa shape index (κ1) is 14.1. The average molecular weight is 265 g/mol. The van der Waals surface area contributed by atoms with Crippen LogP contribution in [0.15, 0.2) is 12.3 Å². The van der Waals surface area contributed by atoms with Gasteiger partial charge < -0.3 is 9.64 Å². The fraction of sp³-hybridized carbons (Fsp3) is 0.714. The van der Waals surface area contributed by atoms with Crippen molar-refractivity contribution in [3.05, 3.63) is 18.0 Å². The van der Waals surface area contributed by atoms with Gasteiger partial charge in [0.2, 0.25) is 0 Å².